The third-order valence-corrected chi connectivity index (χ3v) is 4.87. The van der Waals surface area contributed by atoms with Crippen molar-refractivity contribution < 1.29 is 12.9 Å². The highest BCUT2D eigenvalue weighted by Gasteiger charge is 2.14. The molecule has 0 saturated heterocycles. The minimum Gasteiger partial charge on any atom is -0.361 e. The van der Waals surface area contributed by atoms with Gasteiger partial charge in [0.25, 0.3) is 0 Å². The molecule has 24 heavy (non-hydrogen) atoms. The summed E-state index contributed by atoms with van der Waals surface area (Å²) in [4.78, 5) is 0. The number of aromatic nitrogens is 3. The van der Waals surface area contributed by atoms with Gasteiger partial charge in [0.1, 0.15) is 5.76 Å². The van der Waals surface area contributed by atoms with Crippen LogP contribution in [0.5, 0.6) is 0 Å². The van der Waals surface area contributed by atoms with Crippen LogP contribution in [0.15, 0.2) is 47.2 Å². The van der Waals surface area contributed by atoms with Crippen LogP contribution in [0.3, 0.4) is 0 Å². The molecule has 0 aliphatic heterocycles. The van der Waals surface area contributed by atoms with Crippen molar-refractivity contribution in [2.75, 3.05) is 4.72 Å². The third-order valence-electron chi connectivity index (χ3n) is 3.61. The Morgan fingerprint density at radius 2 is 1.96 bits per heavy atom. The van der Waals surface area contributed by atoms with Crippen LogP contribution in [0, 0.1) is 13.8 Å². The van der Waals surface area contributed by atoms with Gasteiger partial charge in [0.2, 0.25) is 10.0 Å². The number of rotatable bonds is 6. The van der Waals surface area contributed by atoms with Crippen molar-refractivity contribution in [1.29, 1.82) is 0 Å². The van der Waals surface area contributed by atoms with Crippen LogP contribution in [0.25, 0.3) is 0 Å². The van der Waals surface area contributed by atoms with Crippen molar-refractivity contribution in [3.8, 4) is 0 Å². The molecule has 3 rings (SSSR count). The van der Waals surface area contributed by atoms with Crippen molar-refractivity contribution in [1.82, 2.24) is 14.9 Å². The van der Waals surface area contributed by atoms with Crippen LogP contribution >= 0.6 is 0 Å². The van der Waals surface area contributed by atoms with Crippen molar-refractivity contribution in [3.63, 3.8) is 0 Å². The zero-order valence-corrected chi connectivity index (χ0v) is 14.2. The zero-order chi connectivity index (χ0) is 17.2. The number of aryl methyl sites for hydroxylation is 2. The molecular weight excluding hydrogens is 328 g/mol. The van der Waals surface area contributed by atoms with Gasteiger partial charge in [0.05, 0.1) is 29.9 Å². The average Bonchev–Trinajstić information content (AvgIpc) is 3.09. The summed E-state index contributed by atoms with van der Waals surface area (Å²) in [6, 6.07) is 9.03. The van der Waals surface area contributed by atoms with Crippen LogP contribution < -0.4 is 4.72 Å². The van der Waals surface area contributed by atoms with E-state index in [9.17, 15) is 8.42 Å². The maximum Gasteiger partial charge on any atom is 0.237 e. The van der Waals surface area contributed by atoms with Gasteiger partial charge in [-0.15, -0.1) is 0 Å². The van der Waals surface area contributed by atoms with Crippen molar-refractivity contribution in [2.24, 2.45) is 0 Å². The van der Waals surface area contributed by atoms with E-state index in [4.69, 9.17) is 4.52 Å². The quantitative estimate of drug-likeness (QED) is 0.740. The highest BCUT2D eigenvalue weighted by Crippen LogP contribution is 2.16. The van der Waals surface area contributed by atoms with Crippen molar-refractivity contribution in [3.05, 3.63) is 65.3 Å². The average molecular weight is 346 g/mol. The van der Waals surface area contributed by atoms with Crippen molar-refractivity contribution in [2.45, 2.75) is 26.1 Å². The van der Waals surface area contributed by atoms with Gasteiger partial charge in [-0.2, -0.15) is 5.10 Å². The maximum atomic E-state index is 12.2. The first-order chi connectivity index (χ1) is 11.4. The maximum absolute atomic E-state index is 12.2. The molecule has 3 aromatic rings. The molecule has 1 N–H and O–H groups in total. The number of sulfonamides is 1. The molecule has 0 radical (unpaired) electrons. The summed E-state index contributed by atoms with van der Waals surface area (Å²) in [6.45, 7) is 4.17. The summed E-state index contributed by atoms with van der Waals surface area (Å²) in [5.74, 6) is 0.650. The normalized spacial score (nSPS) is 11.6. The van der Waals surface area contributed by atoms with E-state index < -0.39 is 10.0 Å². The van der Waals surface area contributed by atoms with E-state index in [0.29, 0.717) is 12.2 Å². The second kappa shape index (κ2) is 6.48. The Hall–Kier alpha value is -2.61. The van der Waals surface area contributed by atoms with E-state index in [1.165, 1.54) is 6.20 Å². The lowest BCUT2D eigenvalue weighted by atomic mass is 10.2. The van der Waals surface area contributed by atoms with E-state index in [2.05, 4.69) is 15.0 Å². The Kier molecular flexibility index (Phi) is 4.39. The smallest absolute Gasteiger partial charge is 0.237 e. The first-order valence-electron chi connectivity index (χ1n) is 7.41. The second-order valence-corrected chi connectivity index (χ2v) is 7.30. The molecule has 126 valence electrons. The lowest BCUT2D eigenvalue weighted by Gasteiger charge is -2.05. The van der Waals surface area contributed by atoms with E-state index >= 15 is 0 Å². The second-order valence-electron chi connectivity index (χ2n) is 5.58. The SMILES string of the molecule is Cc1noc(C)c1Cn1cc(NS(=O)(=O)Cc2ccccc2)cn1. The summed E-state index contributed by atoms with van der Waals surface area (Å²) in [5, 5.41) is 8.08. The molecule has 0 bridgehead atoms. The minimum absolute atomic E-state index is 0.0805. The van der Waals surface area contributed by atoms with Gasteiger partial charge >= 0.3 is 0 Å². The fraction of sp³-hybridized carbons (Fsp3) is 0.250. The number of anilines is 1. The Bertz CT molecular complexity index is 910. The number of nitrogens with one attached hydrogen (secondary N) is 1. The molecule has 0 atom stereocenters. The molecule has 0 aliphatic rings. The van der Waals surface area contributed by atoms with E-state index in [1.54, 1.807) is 23.0 Å². The van der Waals surface area contributed by atoms with Crippen LogP contribution in [0.2, 0.25) is 0 Å². The lowest BCUT2D eigenvalue weighted by molar-refractivity contribution is 0.391. The summed E-state index contributed by atoms with van der Waals surface area (Å²) >= 11 is 0. The number of hydrogen-bond acceptors (Lipinski definition) is 5. The first kappa shape index (κ1) is 16.3. The highest BCUT2D eigenvalue weighted by atomic mass is 32.2. The molecule has 0 fully saturated rings. The Morgan fingerprint density at radius 3 is 2.62 bits per heavy atom. The number of hydrogen-bond donors (Lipinski definition) is 1. The Balaban J connectivity index is 1.69. The molecule has 0 amide bonds. The summed E-state index contributed by atoms with van der Waals surface area (Å²) in [7, 11) is -3.49. The van der Waals surface area contributed by atoms with Gasteiger partial charge in [0.15, 0.2) is 0 Å². The summed E-state index contributed by atoms with van der Waals surface area (Å²) in [6.07, 6.45) is 3.13. The van der Waals surface area contributed by atoms with Gasteiger partial charge in [-0.3, -0.25) is 9.40 Å². The van der Waals surface area contributed by atoms with Crippen LogP contribution in [0.1, 0.15) is 22.6 Å². The fourth-order valence-electron chi connectivity index (χ4n) is 2.40. The largest absolute Gasteiger partial charge is 0.361 e. The fourth-order valence-corrected chi connectivity index (χ4v) is 3.57. The van der Waals surface area contributed by atoms with Gasteiger partial charge in [-0.05, 0) is 19.4 Å². The third kappa shape index (κ3) is 3.83. The number of benzene rings is 1. The highest BCUT2D eigenvalue weighted by molar-refractivity contribution is 7.91. The molecule has 1 aromatic carbocycles. The predicted octanol–water partition coefficient (Wildman–Crippen LogP) is 2.48. The topological polar surface area (TPSA) is 90.0 Å². The molecule has 7 nitrogen and oxygen atoms in total. The van der Waals surface area contributed by atoms with Crippen LogP contribution in [-0.2, 0) is 22.3 Å². The minimum atomic E-state index is -3.49. The standard InChI is InChI=1S/C16H18N4O3S/c1-12-16(13(2)23-18-12)10-20-9-15(8-17-20)19-24(21,22)11-14-6-4-3-5-7-14/h3-9,19H,10-11H2,1-2H3. The summed E-state index contributed by atoms with van der Waals surface area (Å²) in [5.41, 5.74) is 2.90. The van der Waals surface area contributed by atoms with Gasteiger partial charge in [-0.1, -0.05) is 35.5 Å². The zero-order valence-electron chi connectivity index (χ0n) is 13.4. The Labute approximate surface area is 140 Å². The predicted molar refractivity (Wildman–Crippen MR) is 90.0 cm³/mol. The summed E-state index contributed by atoms with van der Waals surface area (Å²) < 4.78 is 33.8. The van der Waals surface area contributed by atoms with Crippen LogP contribution in [0.4, 0.5) is 5.69 Å². The molecule has 0 aliphatic carbocycles. The molecule has 0 spiro atoms. The molecule has 2 heterocycles. The number of nitrogens with zero attached hydrogens (tertiary/aromatic N) is 3. The first-order valence-corrected chi connectivity index (χ1v) is 9.07. The van der Waals surface area contributed by atoms with E-state index in [1.807, 2.05) is 32.0 Å². The van der Waals surface area contributed by atoms with Gasteiger partial charge in [-0.25, -0.2) is 8.42 Å². The van der Waals surface area contributed by atoms with E-state index in [-0.39, 0.29) is 5.75 Å². The molecule has 0 unspecified atom stereocenters. The van der Waals surface area contributed by atoms with Gasteiger partial charge in [0, 0.05) is 11.8 Å². The molecule has 8 heteroatoms. The molecule has 0 saturated carbocycles. The Morgan fingerprint density at radius 1 is 1.21 bits per heavy atom. The van der Waals surface area contributed by atoms with Crippen molar-refractivity contribution >= 4 is 15.7 Å². The lowest BCUT2D eigenvalue weighted by Crippen LogP contribution is -2.14. The van der Waals surface area contributed by atoms with Gasteiger partial charge < -0.3 is 4.52 Å². The monoisotopic (exact) mass is 346 g/mol. The molecule has 2 aromatic heterocycles. The van der Waals surface area contributed by atoms with E-state index in [0.717, 1.165) is 22.6 Å². The molecular formula is C16H18N4O3S. The van der Waals surface area contributed by atoms with Crippen LogP contribution in [-0.4, -0.2) is 23.4 Å².